The Morgan fingerprint density at radius 3 is 2.34 bits per heavy atom. The van der Waals surface area contributed by atoms with Crippen LogP contribution in [0.4, 0.5) is 5.69 Å². The fraction of sp³-hybridized carbons (Fsp3) is 0.185. The zero-order valence-electron chi connectivity index (χ0n) is 19.2. The number of fused-ring (bicyclic) bond motifs is 1. The highest BCUT2D eigenvalue weighted by Gasteiger charge is 2.18. The van der Waals surface area contributed by atoms with Crippen molar-refractivity contribution in [2.24, 2.45) is 0 Å². The molecule has 0 fully saturated rings. The number of benzene rings is 3. The van der Waals surface area contributed by atoms with E-state index in [1.165, 1.54) is 0 Å². The lowest BCUT2D eigenvalue weighted by molar-refractivity contribution is -0.120. The maximum absolute atomic E-state index is 12.8. The lowest BCUT2D eigenvalue weighted by Gasteiger charge is -2.20. The number of amides is 1. The molecule has 1 aromatic heterocycles. The molecule has 35 heavy (non-hydrogen) atoms. The predicted molar refractivity (Wildman–Crippen MR) is 139 cm³/mol. The Labute approximate surface area is 205 Å². The van der Waals surface area contributed by atoms with Crippen molar-refractivity contribution < 1.29 is 13.2 Å². The van der Waals surface area contributed by atoms with E-state index in [1.807, 2.05) is 66.7 Å². The second-order valence-electron chi connectivity index (χ2n) is 8.24. The van der Waals surface area contributed by atoms with Crippen molar-refractivity contribution in [2.45, 2.75) is 23.8 Å². The zero-order chi connectivity index (χ0) is 24.5. The third kappa shape index (κ3) is 7.11. The second kappa shape index (κ2) is 11.6. The van der Waals surface area contributed by atoms with E-state index in [1.54, 1.807) is 30.6 Å². The van der Waals surface area contributed by atoms with Gasteiger partial charge < -0.3 is 10.6 Å². The summed E-state index contributed by atoms with van der Waals surface area (Å²) in [6.07, 6.45) is 4.74. The van der Waals surface area contributed by atoms with Crippen LogP contribution in [0.5, 0.6) is 0 Å². The Kier molecular flexibility index (Phi) is 8.07. The van der Waals surface area contributed by atoms with Crippen LogP contribution in [-0.2, 0) is 21.2 Å². The van der Waals surface area contributed by atoms with Crippen LogP contribution in [0.3, 0.4) is 0 Å². The van der Waals surface area contributed by atoms with Gasteiger partial charge in [0, 0.05) is 30.7 Å². The Hall–Kier alpha value is -3.75. The maximum atomic E-state index is 12.8. The van der Waals surface area contributed by atoms with Crippen LogP contribution in [0.1, 0.15) is 12.0 Å². The van der Waals surface area contributed by atoms with Crippen molar-refractivity contribution in [3.8, 4) is 0 Å². The molecule has 0 saturated heterocycles. The van der Waals surface area contributed by atoms with Crippen molar-refractivity contribution in [3.63, 3.8) is 0 Å². The molecule has 180 valence electrons. The van der Waals surface area contributed by atoms with Crippen LogP contribution in [0.15, 0.2) is 102 Å². The van der Waals surface area contributed by atoms with Gasteiger partial charge in [-0.25, -0.2) is 13.1 Å². The van der Waals surface area contributed by atoms with Crippen LogP contribution < -0.4 is 15.4 Å². The number of hydrogen-bond acceptors (Lipinski definition) is 5. The number of carbonyl (C=O) groups excluding carboxylic acids is 1. The summed E-state index contributed by atoms with van der Waals surface area (Å²) in [6, 6.07) is 25.9. The molecular weight excluding hydrogens is 460 g/mol. The summed E-state index contributed by atoms with van der Waals surface area (Å²) in [4.78, 5) is 16.8. The molecule has 0 bridgehead atoms. The molecule has 4 aromatic rings. The molecule has 0 radical (unpaired) electrons. The van der Waals surface area contributed by atoms with Crippen molar-refractivity contribution in [2.75, 3.05) is 18.4 Å². The Balaban J connectivity index is 1.36. The van der Waals surface area contributed by atoms with Crippen molar-refractivity contribution in [1.29, 1.82) is 0 Å². The summed E-state index contributed by atoms with van der Waals surface area (Å²) in [6.45, 7) is 0.308. The van der Waals surface area contributed by atoms with Gasteiger partial charge in [-0.2, -0.15) is 0 Å². The molecule has 1 heterocycles. The minimum atomic E-state index is -3.82. The highest BCUT2D eigenvalue weighted by Crippen LogP contribution is 2.18. The monoisotopic (exact) mass is 488 g/mol. The molecular formula is C27H28N4O3S. The molecule has 0 spiro atoms. The minimum Gasteiger partial charge on any atom is -0.385 e. The fourth-order valence-corrected chi connectivity index (χ4v) is 4.86. The van der Waals surface area contributed by atoms with E-state index in [2.05, 4.69) is 20.3 Å². The predicted octanol–water partition coefficient (Wildman–Crippen LogP) is 3.74. The average Bonchev–Trinajstić information content (AvgIpc) is 2.88. The Morgan fingerprint density at radius 1 is 0.857 bits per heavy atom. The molecule has 0 aliphatic carbocycles. The molecule has 1 amide bonds. The molecule has 8 heteroatoms. The van der Waals surface area contributed by atoms with Crippen LogP contribution in [-0.4, -0.2) is 38.4 Å². The van der Waals surface area contributed by atoms with E-state index < -0.39 is 10.0 Å². The Morgan fingerprint density at radius 2 is 1.57 bits per heavy atom. The van der Waals surface area contributed by atoms with Crippen LogP contribution in [0.2, 0.25) is 0 Å². The van der Waals surface area contributed by atoms with Gasteiger partial charge in [0.25, 0.3) is 0 Å². The van der Waals surface area contributed by atoms with Crippen molar-refractivity contribution >= 4 is 32.4 Å². The molecule has 1 atom stereocenters. The van der Waals surface area contributed by atoms with E-state index in [-0.39, 0.29) is 23.4 Å². The van der Waals surface area contributed by atoms with Crippen LogP contribution in [0.25, 0.3) is 10.8 Å². The number of anilines is 1. The molecule has 3 N–H and O–H groups in total. The van der Waals surface area contributed by atoms with Gasteiger partial charge in [0.1, 0.15) is 0 Å². The van der Waals surface area contributed by atoms with Crippen molar-refractivity contribution in [3.05, 3.63) is 103 Å². The number of nitrogens with zero attached hydrogens (tertiary/aromatic N) is 1. The smallest absolute Gasteiger partial charge is 0.241 e. The number of aromatic nitrogens is 1. The first-order valence-corrected chi connectivity index (χ1v) is 12.9. The maximum Gasteiger partial charge on any atom is 0.241 e. The number of pyridine rings is 1. The number of carbonyl (C=O) groups is 1. The van der Waals surface area contributed by atoms with Gasteiger partial charge in [0.2, 0.25) is 15.9 Å². The van der Waals surface area contributed by atoms with E-state index in [4.69, 9.17) is 0 Å². The molecule has 7 nitrogen and oxygen atoms in total. The van der Waals surface area contributed by atoms with Gasteiger partial charge in [0.05, 0.1) is 11.4 Å². The number of rotatable bonds is 11. The summed E-state index contributed by atoms with van der Waals surface area (Å²) in [5.41, 5.74) is 2.05. The summed E-state index contributed by atoms with van der Waals surface area (Å²) < 4.78 is 28.0. The normalized spacial score (nSPS) is 12.2. The van der Waals surface area contributed by atoms with E-state index >= 15 is 0 Å². The van der Waals surface area contributed by atoms with Gasteiger partial charge in [-0.05, 0) is 53.4 Å². The number of nitrogens with one attached hydrogen (secondary N) is 3. The van der Waals surface area contributed by atoms with E-state index in [0.29, 0.717) is 19.4 Å². The molecule has 0 aliphatic heterocycles. The number of sulfonamides is 1. The SMILES string of the molecule is O=C(CNS(=O)(=O)c1ccc2ccccc2c1)N[C@H](CCNc1ccncc1)Cc1ccccc1. The zero-order valence-corrected chi connectivity index (χ0v) is 20.0. The van der Waals surface area contributed by atoms with Crippen molar-refractivity contribution in [1.82, 2.24) is 15.0 Å². The molecule has 0 saturated carbocycles. The molecule has 0 unspecified atom stereocenters. The molecule has 4 rings (SSSR count). The van der Waals surface area contributed by atoms with Crippen LogP contribution in [0, 0.1) is 0 Å². The average molecular weight is 489 g/mol. The Bertz CT molecular complexity index is 1360. The molecule has 3 aromatic carbocycles. The number of hydrogen-bond donors (Lipinski definition) is 3. The summed E-state index contributed by atoms with van der Waals surface area (Å²) in [7, 11) is -3.82. The van der Waals surface area contributed by atoms with Gasteiger partial charge in [0.15, 0.2) is 0 Å². The first-order chi connectivity index (χ1) is 17.0. The fourth-order valence-electron chi connectivity index (χ4n) is 3.84. The summed E-state index contributed by atoms with van der Waals surface area (Å²) in [5, 5.41) is 8.09. The second-order valence-corrected chi connectivity index (χ2v) is 10.0. The van der Waals surface area contributed by atoms with Gasteiger partial charge >= 0.3 is 0 Å². The van der Waals surface area contributed by atoms with Gasteiger partial charge in [-0.1, -0.05) is 60.7 Å². The quantitative estimate of drug-likeness (QED) is 0.299. The highest BCUT2D eigenvalue weighted by atomic mass is 32.2. The standard InChI is InChI=1S/C27H28N4O3S/c32-27(20-30-35(33,34)26-11-10-22-8-4-5-9-23(22)19-26)31-25(18-21-6-2-1-3-7-21)14-17-29-24-12-15-28-16-13-24/h1-13,15-16,19,25,30H,14,17-18,20H2,(H,28,29)(H,31,32)/t25-/m1/s1. The first-order valence-electron chi connectivity index (χ1n) is 11.5. The third-order valence-electron chi connectivity index (χ3n) is 5.65. The van der Waals surface area contributed by atoms with Gasteiger partial charge in [-0.3, -0.25) is 9.78 Å². The lowest BCUT2D eigenvalue weighted by Crippen LogP contribution is -2.43. The topological polar surface area (TPSA) is 100 Å². The highest BCUT2D eigenvalue weighted by molar-refractivity contribution is 7.89. The molecule has 0 aliphatic rings. The summed E-state index contributed by atoms with van der Waals surface area (Å²) >= 11 is 0. The lowest BCUT2D eigenvalue weighted by atomic mass is 10.0. The first kappa shape index (κ1) is 24.4. The largest absolute Gasteiger partial charge is 0.385 e. The van der Waals surface area contributed by atoms with Crippen LogP contribution >= 0.6 is 0 Å². The minimum absolute atomic E-state index is 0.131. The van der Waals surface area contributed by atoms with E-state index in [0.717, 1.165) is 22.0 Å². The van der Waals surface area contributed by atoms with E-state index in [9.17, 15) is 13.2 Å². The summed E-state index contributed by atoms with van der Waals surface area (Å²) in [5.74, 6) is -0.376. The third-order valence-corrected chi connectivity index (χ3v) is 7.05. The van der Waals surface area contributed by atoms with Gasteiger partial charge in [-0.15, -0.1) is 0 Å².